The molecule has 0 aliphatic carbocycles. The van der Waals surface area contributed by atoms with Gasteiger partial charge in [-0.1, -0.05) is 6.07 Å². The van der Waals surface area contributed by atoms with Gasteiger partial charge in [-0.3, -0.25) is 14.9 Å². The number of hydrogen-bond acceptors (Lipinski definition) is 4. The molecule has 0 fully saturated rings. The fraction of sp³-hybridized carbons (Fsp3) is 0.0714. The van der Waals surface area contributed by atoms with Crippen LogP contribution in [0.15, 0.2) is 51.8 Å². The Morgan fingerprint density at radius 1 is 1.24 bits per heavy atom. The van der Waals surface area contributed by atoms with Gasteiger partial charge in [0.2, 0.25) is 0 Å². The van der Waals surface area contributed by atoms with Crippen molar-refractivity contribution in [2.24, 2.45) is 0 Å². The van der Waals surface area contributed by atoms with E-state index in [-0.39, 0.29) is 15.7 Å². The number of hydrogen-bond donors (Lipinski definition) is 1. The van der Waals surface area contributed by atoms with Crippen molar-refractivity contribution in [3.63, 3.8) is 0 Å². The number of amides is 1. The minimum absolute atomic E-state index is 0.139. The first kappa shape index (κ1) is 15.5. The second-order valence-corrected chi connectivity index (χ2v) is 5.75. The van der Waals surface area contributed by atoms with E-state index in [1.807, 2.05) is 18.4 Å². The third-order valence-electron chi connectivity index (χ3n) is 2.77. The Bertz CT molecular complexity index is 689. The first-order valence-corrected chi connectivity index (χ1v) is 7.93. The molecular weight excluding hydrogens is 356 g/mol. The summed E-state index contributed by atoms with van der Waals surface area (Å²) in [5.41, 5.74) is 0.717. The lowest BCUT2D eigenvalue weighted by Gasteiger charge is -2.07. The van der Waals surface area contributed by atoms with Crippen LogP contribution < -0.4 is 5.32 Å². The Morgan fingerprint density at radius 2 is 1.90 bits per heavy atom. The third-order valence-corrected chi connectivity index (χ3v) is 4.34. The van der Waals surface area contributed by atoms with Crippen molar-refractivity contribution in [3.8, 4) is 0 Å². The Kier molecular flexibility index (Phi) is 4.98. The maximum atomic E-state index is 12.2. The standard InChI is InChI=1S/C14H11BrN2O3S/c1-21-10-7-5-9(6-8-10)16-14(18)11-3-2-4-12(13(11)15)17(19)20/h2-8H,1H3,(H,16,18). The molecule has 0 spiro atoms. The Labute approximate surface area is 134 Å². The lowest BCUT2D eigenvalue weighted by Crippen LogP contribution is -2.13. The Hall–Kier alpha value is -1.86. The number of nitro groups is 1. The zero-order valence-electron chi connectivity index (χ0n) is 11.0. The first-order valence-electron chi connectivity index (χ1n) is 5.91. The van der Waals surface area contributed by atoms with Crippen LogP contribution in [0.3, 0.4) is 0 Å². The fourth-order valence-electron chi connectivity index (χ4n) is 1.71. The van der Waals surface area contributed by atoms with Gasteiger partial charge in [-0.15, -0.1) is 11.8 Å². The summed E-state index contributed by atoms with van der Waals surface area (Å²) < 4.78 is 0.174. The molecule has 0 heterocycles. The largest absolute Gasteiger partial charge is 0.322 e. The van der Waals surface area contributed by atoms with E-state index < -0.39 is 10.8 Å². The lowest BCUT2D eigenvalue weighted by molar-refractivity contribution is -0.385. The Balaban J connectivity index is 2.24. The average molecular weight is 367 g/mol. The van der Waals surface area contributed by atoms with Crippen LogP contribution in [0.2, 0.25) is 0 Å². The number of carbonyl (C=O) groups is 1. The van der Waals surface area contributed by atoms with Crippen molar-refractivity contribution < 1.29 is 9.72 Å². The summed E-state index contributed by atoms with van der Waals surface area (Å²) in [6.07, 6.45) is 1.97. The van der Waals surface area contributed by atoms with Gasteiger partial charge in [0, 0.05) is 16.6 Å². The van der Waals surface area contributed by atoms with Crippen LogP contribution in [-0.2, 0) is 0 Å². The summed E-state index contributed by atoms with van der Waals surface area (Å²) in [4.78, 5) is 23.6. The predicted octanol–water partition coefficient (Wildman–Crippen LogP) is 4.33. The number of anilines is 1. The molecule has 2 aromatic rings. The van der Waals surface area contributed by atoms with Gasteiger partial charge in [0.05, 0.1) is 10.5 Å². The van der Waals surface area contributed by atoms with E-state index in [2.05, 4.69) is 21.2 Å². The molecule has 1 amide bonds. The smallest absolute Gasteiger partial charge is 0.284 e. The van der Waals surface area contributed by atoms with Crippen LogP contribution in [0.1, 0.15) is 10.4 Å². The SMILES string of the molecule is CSc1ccc(NC(=O)c2cccc([N+](=O)[O-])c2Br)cc1. The van der Waals surface area contributed by atoms with Crippen molar-refractivity contribution >= 4 is 45.0 Å². The zero-order chi connectivity index (χ0) is 15.4. The topological polar surface area (TPSA) is 72.2 Å². The monoisotopic (exact) mass is 366 g/mol. The highest BCUT2D eigenvalue weighted by molar-refractivity contribution is 9.10. The summed E-state index contributed by atoms with van der Waals surface area (Å²) >= 11 is 4.72. The van der Waals surface area contributed by atoms with E-state index in [0.717, 1.165) is 4.90 Å². The van der Waals surface area contributed by atoms with Gasteiger partial charge in [-0.25, -0.2) is 0 Å². The molecule has 0 aliphatic heterocycles. The fourth-order valence-corrected chi connectivity index (χ4v) is 2.71. The molecule has 0 aromatic heterocycles. The van der Waals surface area contributed by atoms with Gasteiger partial charge in [-0.05, 0) is 52.5 Å². The number of benzene rings is 2. The van der Waals surface area contributed by atoms with E-state index in [4.69, 9.17) is 0 Å². The van der Waals surface area contributed by atoms with E-state index in [9.17, 15) is 14.9 Å². The van der Waals surface area contributed by atoms with E-state index >= 15 is 0 Å². The highest BCUT2D eigenvalue weighted by atomic mass is 79.9. The molecule has 0 unspecified atom stereocenters. The third kappa shape index (κ3) is 3.62. The highest BCUT2D eigenvalue weighted by Gasteiger charge is 2.19. The lowest BCUT2D eigenvalue weighted by atomic mass is 10.2. The zero-order valence-corrected chi connectivity index (χ0v) is 13.4. The van der Waals surface area contributed by atoms with E-state index in [1.54, 1.807) is 23.9 Å². The molecule has 1 N–H and O–H groups in total. The van der Waals surface area contributed by atoms with Crippen molar-refractivity contribution in [2.45, 2.75) is 4.90 Å². The second kappa shape index (κ2) is 6.73. The van der Waals surface area contributed by atoms with Crippen molar-refractivity contribution in [1.82, 2.24) is 0 Å². The van der Waals surface area contributed by atoms with E-state index in [0.29, 0.717) is 5.69 Å². The number of rotatable bonds is 4. The maximum absolute atomic E-state index is 12.2. The number of carbonyl (C=O) groups excluding carboxylic acids is 1. The summed E-state index contributed by atoms with van der Waals surface area (Å²) in [5, 5.41) is 13.6. The van der Waals surface area contributed by atoms with Gasteiger partial charge in [-0.2, -0.15) is 0 Å². The molecule has 2 aromatic carbocycles. The molecule has 0 aliphatic rings. The number of halogens is 1. The summed E-state index contributed by atoms with van der Waals surface area (Å²) in [6, 6.07) is 11.7. The molecular formula is C14H11BrN2O3S. The van der Waals surface area contributed by atoms with Crippen LogP contribution in [0, 0.1) is 10.1 Å². The number of nitrogens with one attached hydrogen (secondary N) is 1. The summed E-state index contributed by atoms with van der Waals surface area (Å²) in [5.74, 6) is -0.400. The van der Waals surface area contributed by atoms with Crippen molar-refractivity contribution in [3.05, 3.63) is 62.6 Å². The molecule has 0 bridgehead atoms. The number of nitro benzene ring substituents is 1. The van der Waals surface area contributed by atoms with Gasteiger partial charge in [0.25, 0.3) is 11.6 Å². The highest BCUT2D eigenvalue weighted by Crippen LogP contribution is 2.29. The molecule has 2 rings (SSSR count). The first-order chi connectivity index (χ1) is 10.0. The average Bonchev–Trinajstić information content (AvgIpc) is 2.47. The van der Waals surface area contributed by atoms with Gasteiger partial charge in [0.1, 0.15) is 4.47 Å². The van der Waals surface area contributed by atoms with Gasteiger partial charge >= 0.3 is 0 Å². The van der Waals surface area contributed by atoms with E-state index in [1.165, 1.54) is 18.2 Å². The number of thioether (sulfide) groups is 1. The van der Waals surface area contributed by atoms with Crippen LogP contribution in [0.4, 0.5) is 11.4 Å². The molecule has 0 saturated heterocycles. The molecule has 108 valence electrons. The minimum atomic E-state index is -0.534. The molecule has 21 heavy (non-hydrogen) atoms. The quantitative estimate of drug-likeness (QED) is 0.496. The summed E-state index contributed by atoms with van der Waals surface area (Å²) in [6.45, 7) is 0. The number of nitrogens with zero attached hydrogens (tertiary/aromatic N) is 1. The Morgan fingerprint density at radius 3 is 2.48 bits per heavy atom. The van der Waals surface area contributed by atoms with Crippen molar-refractivity contribution in [2.75, 3.05) is 11.6 Å². The van der Waals surface area contributed by atoms with Crippen molar-refractivity contribution in [1.29, 1.82) is 0 Å². The van der Waals surface area contributed by atoms with Gasteiger partial charge < -0.3 is 5.32 Å². The molecule has 0 radical (unpaired) electrons. The van der Waals surface area contributed by atoms with Crippen LogP contribution in [0.5, 0.6) is 0 Å². The van der Waals surface area contributed by atoms with Crippen LogP contribution in [0.25, 0.3) is 0 Å². The summed E-state index contributed by atoms with van der Waals surface area (Å²) in [7, 11) is 0. The predicted molar refractivity (Wildman–Crippen MR) is 87.0 cm³/mol. The normalized spacial score (nSPS) is 10.2. The van der Waals surface area contributed by atoms with Gasteiger partial charge in [0.15, 0.2) is 0 Å². The molecule has 5 nitrogen and oxygen atoms in total. The van der Waals surface area contributed by atoms with Crippen LogP contribution >= 0.6 is 27.7 Å². The second-order valence-electron chi connectivity index (χ2n) is 4.08. The molecule has 0 atom stereocenters. The maximum Gasteiger partial charge on any atom is 0.284 e. The minimum Gasteiger partial charge on any atom is -0.322 e. The van der Waals surface area contributed by atoms with Crippen LogP contribution in [-0.4, -0.2) is 17.1 Å². The molecule has 7 heteroatoms. The molecule has 0 saturated carbocycles.